The number of carbonyl (C=O) groups is 1. The van der Waals surface area contributed by atoms with E-state index in [1.54, 1.807) is 49.4 Å². The first kappa shape index (κ1) is 19.0. The number of hydrogen-bond donors (Lipinski definition) is 1. The lowest BCUT2D eigenvalue weighted by atomic mass is 9.97. The van der Waals surface area contributed by atoms with E-state index in [9.17, 15) is 14.9 Å². The molecule has 30 heavy (non-hydrogen) atoms. The molecule has 2 aromatic carbocycles. The molecule has 8 heteroatoms. The third kappa shape index (κ3) is 2.99. The highest BCUT2D eigenvalue weighted by Crippen LogP contribution is 2.34. The third-order valence-corrected chi connectivity index (χ3v) is 4.60. The molecule has 0 aliphatic carbocycles. The van der Waals surface area contributed by atoms with Gasteiger partial charge in [0.1, 0.15) is 11.8 Å². The van der Waals surface area contributed by atoms with E-state index < -0.39 is 11.5 Å². The number of benzene rings is 2. The highest BCUT2D eigenvalue weighted by Gasteiger charge is 2.24. The molecule has 0 aliphatic heterocycles. The van der Waals surface area contributed by atoms with Gasteiger partial charge in [0.05, 0.1) is 35.2 Å². The van der Waals surface area contributed by atoms with Gasteiger partial charge in [-0.05, 0) is 37.3 Å². The zero-order valence-electron chi connectivity index (χ0n) is 16.0. The lowest BCUT2D eigenvalue weighted by Crippen LogP contribution is -2.26. The van der Waals surface area contributed by atoms with Crippen molar-refractivity contribution in [3.8, 4) is 23.1 Å². The zero-order chi connectivity index (χ0) is 21.3. The van der Waals surface area contributed by atoms with Gasteiger partial charge in [-0.1, -0.05) is 18.2 Å². The summed E-state index contributed by atoms with van der Waals surface area (Å²) in [6.45, 7) is 1.80. The standard InChI is InChI=1S/C22H16N4O4/c1-2-29-22(28)20-15-11-14(17-9-6-10-30-17)16(12-23)19(24)18(15)21(27)26(25-20)13-7-4-3-5-8-13/h3-11H,2,24H2,1H3. The SMILES string of the molecule is CCOC(=O)c1nn(-c2ccccc2)c(=O)c2c(N)c(C#N)c(-c3ccco3)cc12. The molecule has 0 saturated heterocycles. The topological polar surface area (TPSA) is 124 Å². The predicted octanol–water partition coefficient (Wildman–Crippen LogP) is 3.28. The van der Waals surface area contributed by atoms with E-state index >= 15 is 0 Å². The fraction of sp³-hybridized carbons (Fsp3) is 0.0909. The largest absolute Gasteiger partial charge is 0.464 e. The molecule has 148 valence electrons. The van der Waals surface area contributed by atoms with E-state index in [0.29, 0.717) is 17.0 Å². The molecular weight excluding hydrogens is 384 g/mol. The Hall–Kier alpha value is -4.38. The predicted molar refractivity (Wildman–Crippen MR) is 110 cm³/mol. The molecule has 0 fully saturated rings. The van der Waals surface area contributed by atoms with Crippen molar-refractivity contribution < 1.29 is 13.9 Å². The van der Waals surface area contributed by atoms with Crippen LogP contribution in [0.15, 0.2) is 64.0 Å². The highest BCUT2D eigenvalue weighted by atomic mass is 16.5. The van der Waals surface area contributed by atoms with E-state index in [1.807, 2.05) is 6.07 Å². The summed E-state index contributed by atoms with van der Waals surface area (Å²) in [7, 11) is 0. The Bertz CT molecular complexity index is 1350. The second-order valence-electron chi connectivity index (χ2n) is 6.35. The minimum absolute atomic E-state index is 0.0174. The first-order chi connectivity index (χ1) is 14.6. The van der Waals surface area contributed by atoms with Crippen molar-refractivity contribution in [2.24, 2.45) is 0 Å². The molecule has 0 atom stereocenters. The Labute approximate surface area is 170 Å². The van der Waals surface area contributed by atoms with Crippen molar-refractivity contribution in [1.82, 2.24) is 9.78 Å². The Morgan fingerprint density at radius 1 is 1.27 bits per heavy atom. The van der Waals surface area contributed by atoms with Crippen LogP contribution in [0.2, 0.25) is 0 Å². The number of para-hydroxylation sites is 1. The highest BCUT2D eigenvalue weighted by molar-refractivity contribution is 6.08. The second kappa shape index (κ2) is 7.56. The van der Waals surface area contributed by atoms with Crippen molar-refractivity contribution in [2.75, 3.05) is 12.3 Å². The number of ether oxygens (including phenoxy) is 1. The fourth-order valence-electron chi connectivity index (χ4n) is 3.27. The molecule has 0 bridgehead atoms. The number of nitrogens with zero attached hydrogens (tertiary/aromatic N) is 3. The monoisotopic (exact) mass is 400 g/mol. The maximum Gasteiger partial charge on any atom is 0.359 e. The van der Waals surface area contributed by atoms with Gasteiger partial charge in [0.25, 0.3) is 5.56 Å². The van der Waals surface area contributed by atoms with Gasteiger partial charge < -0.3 is 14.9 Å². The van der Waals surface area contributed by atoms with Crippen LogP contribution in [0.25, 0.3) is 27.8 Å². The van der Waals surface area contributed by atoms with Crippen molar-refractivity contribution in [3.63, 3.8) is 0 Å². The molecule has 8 nitrogen and oxygen atoms in total. The van der Waals surface area contributed by atoms with Crippen LogP contribution in [-0.4, -0.2) is 22.4 Å². The number of anilines is 1. The number of hydrogen-bond acceptors (Lipinski definition) is 7. The van der Waals surface area contributed by atoms with Gasteiger partial charge in [0, 0.05) is 10.9 Å². The van der Waals surface area contributed by atoms with E-state index in [-0.39, 0.29) is 34.3 Å². The molecule has 2 N–H and O–H groups in total. The van der Waals surface area contributed by atoms with Crippen LogP contribution in [0.3, 0.4) is 0 Å². The Kier molecular flexibility index (Phi) is 4.78. The Morgan fingerprint density at radius 2 is 2.03 bits per heavy atom. The average molecular weight is 400 g/mol. The summed E-state index contributed by atoms with van der Waals surface area (Å²) < 4.78 is 11.6. The van der Waals surface area contributed by atoms with Gasteiger partial charge in [0.15, 0.2) is 5.69 Å². The van der Waals surface area contributed by atoms with Crippen molar-refractivity contribution >= 4 is 22.4 Å². The molecule has 4 rings (SSSR count). The number of furan rings is 1. The van der Waals surface area contributed by atoms with E-state index in [4.69, 9.17) is 14.9 Å². The normalized spacial score (nSPS) is 10.7. The van der Waals surface area contributed by atoms with Gasteiger partial charge in [0.2, 0.25) is 0 Å². The van der Waals surface area contributed by atoms with Gasteiger partial charge >= 0.3 is 5.97 Å². The summed E-state index contributed by atoms with van der Waals surface area (Å²) in [5.41, 5.74) is 6.47. The number of aromatic nitrogens is 2. The van der Waals surface area contributed by atoms with Crippen LogP contribution >= 0.6 is 0 Å². The summed E-state index contributed by atoms with van der Waals surface area (Å²) in [6, 6.07) is 15.5. The molecule has 0 radical (unpaired) electrons. The molecule has 0 amide bonds. The van der Waals surface area contributed by atoms with Crippen LogP contribution in [-0.2, 0) is 4.74 Å². The first-order valence-corrected chi connectivity index (χ1v) is 9.12. The smallest absolute Gasteiger partial charge is 0.359 e. The lowest BCUT2D eigenvalue weighted by molar-refractivity contribution is 0.0520. The van der Waals surface area contributed by atoms with Gasteiger partial charge in [-0.3, -0.25) is 4.79 Å². The number of nitriles is 1. The minimum atomic E-state index is -0.707. The number of esters is 1. The quantitative estimate of drug-likeness (QED) is 0.412. The van der Waals surface area contributed by atoms with Gasteiger partial charge in [-0.2, -0.15) is 15.0 Å². The molecule has 0 aliphatic rings. The molecule has 2 heterocycles. The van der Waals surface area contributed by atoms with Crippen molar-refractivity contribution in [2.45, 2.75) is 6.92 Å². The van der Waals surface area contributed by atoms with Gasteiger partial charge in [-0.15, -0.1) is 0 Å². The van der Waals surface area contributed by atoms with E-state index in [0.717, 1.165) is 4.68 Å². The molecule has 0 spiro atoms. The van der Waals surface area contributed by atoms with Crippen molar-refractivity contribution in [1.29, 1.82) is 5.26 Å². The van der Waals surface area contributed by atoms with Crippen LogP contribution in [0.5, 0.6) is 0 Å². The first-order valence-electron chi connectivity index (χ1n) is 9.12. The van der Waals surface area contributed by atoms with Crippen LogP contribution in [0, 0.1) is 11.3 Å². The average Bonchev–Trinajstić information content (AvgIpc) is 3.29. The lowest BCUT2D eigenvalue weighted by Gasteiger charge is -2.14. The zero-order valence-corrected chi connectivity index (χ0v) is 16.0. The Balaban J connectivity index is 2.16. The van der Waals surface area contributed by atoms with Crippen molar-refractivity contribution in [3.05, 3.63) is 76.4 Å². The molecular formula is C22H16N4O4. The fourth-order valence-corrected chi connectivity index (χ4v) is 3.27. The molecule has 0 unspecified atom stereocenters. The van der Waals surface area contributed by atoms with Crippen LogP contribution < -0.4 is 11.3 Å². The summed E-state index contributed by atoms with van der Waals surface area (Å²) in [4.78, 5) is 26.0. The molecule has 4 aromatic rings. The number of fused-ring (bicyclic) bond motifs is 1. The number of rotatable bonds is 4. The number of nitrogen functional groups attached to an aromatic ring is 1. The minimum Gasteiger partial charge on any atom is -0.464 e. The number of carbonyl (C=O) groups excluding carboxylic acids is 1. The summed E-state index contributed by atoms with van der Waals surface area (Å²) in [5.74, 6) is -0.330. The summed E-state index contributed by atoms with van der Waals surface area (Å²) in [5, 5.41) is 14.2. The maximum atomic E-state index is 13.3. The molecule has 2 aromatic heterocycles. The van der Waals surface area contributed by atoms with E-state index in [2.05, 4.69) is 5.10 Å². The van der Waals surface area contributed by atoms with E-state index in [1.165, 1.54) is 12.3 Å². The third-order valence-electron chi connectivity index (χ3n) is 4.60. The van der Waals surface area contributed by atoms with Crippen LogP contribution in [0.4, 0.5) is 5.69 Å². The second-order valence-corrected chi connectivity index (χ2v) is 6.35. The maximum absolute atomic E-state index is 13.3. The summed E-state index contributed by atoms with van der Waals surface area (Å²) in [6.07, 6.45) is 1.45. The Morgan fingerprint density at radius 3 is 2.67 bits per heavy atom. The molecule has 0 saturated carbocycles. The van der Waals surface area contributed by atoms with Crippen LogP contribution in [0.1, 0.15) is 23.0 Å². The number of nitrogens with two attached hydrogens (primary N) is 1. The van der Waals surface area contributed by atoms with Gasteiger partial charge in [-0.25, -0.2) is 4.79 Å². The summed E-state index contributed by atoms with van der Waals surface area (Å²) >= 11 is 0.